The molecule has 0 aliphatic heterocycles. The third-order valence-electron chi connectivity index (χ3n) is 2.48. The predicted octanol–water partition coefficient (Wildman–Crippen LogP) is 3.87. The standard InChI is InChI=1S/C13H17N3OS2/c1-7(2)5-11(17)16-13-15-10(6-18-13)12-8(3)14-9(4)19-12/h6-7H,5H2,1-4H3,(H,15,16,17). The lowest BCUT2D eigenvalue weighted by Crippen LogP contribution is -2.13. The van der Waals surface area contributed by atoms with Gasteiger partial charge in [-0.15, -0.1) is 22.7 Å². The van der Waals surface area contributed by atoms with Gasteiger partial charge in [-0.2, -0.15) is 0 Å². The number of amides is 1. The molecule has 2 heterocycles. The molecular formula is C13H17N3OS2. The summed E-state index contributed by atoms with van der Waals surface area (Å²) in [5, 5.41) is 6.50. The van der Waals surface area contributed by atoms with Gasteiger partial charge in [-0.25, -0.2) is 9.97 Å². The first-order valence-electron chi connectivity index (χ1n) is 6.15. The lowest BCUT2D eigenvalue weighted by atomic mass is 10.1. The van der Waals surface area contributed by atoms with Gasteiger partial charge in [0.2, 0.25) is 5.91 Å². The smallest absolute Gasteiger partial charge is 0.226 e. The van der Waals surface area contributed by atoms with Crippen LogP contribution in [0.3, 0.4) is 0 Å². The SMILES string of the molecule is Cc1nc(C)c(-c2csc(NC(=O)CC(C)C)n2)s1. The zero-order valence-corrected chi connectivity index (χ0v) is 13.1. The van der Waals surface area contributed by atoms with Gasteiger partial charge in [0.05, 0.1) is 21.3 Å². The number of carbonyl (C=O) groups excluding carboxylic acids is 1. The second-order valence-corrected chi connectivity index (χ2v) is 6.89. The van der Waals surface area contributed by atoms with E-state index in [1.54, 1.807) is 11.3 Å². The number of thiazole rings is 2. The van der Waals surface area contributed by atoms with E-state index >= 15 is 0 Å². The Labute approximate surface area is 120 Å². The molecule has 19 heavy (non-hydrogen) atoms. The highest BCUT2D eigenvalue weighted by atomic mass is 32.1. The van der Waals surface area contributed by atoms with Crippen molar-refractivity contribution in [3.05, 3.63) is 16.1 Å². The number of hydrogen-bond donors (Lipinski definition) is 1. The van der Waals surface area contributed by atoms with Crippen molar-refractivity contribution in [2.75, 3.05) is 5.32 Å². The van der Waals surface area contributed by atoms with Crippen LogP contribution in [0.25, 0.3) is 10.6 Å². The van der Waals surface area contributed by atoms with Gasteiger partial charge in [0.15, 0.2) is 5.13 Å². The maximum Gasteiger partial charge on any atom is 0.226 e. The van der Waals surface area contributed by atoms with E-state index < -0.39 is 0 Å². The van der Waals surface area contributed by atoms with Crippen LogP contribution in [0.1, 0.15) is 31.0 Å². The molecule has 6 heteroatoms. The summed E-state index contributed by atoms with van der Waals surface area (Å²) >= 11 is 3.08. The molecule has 1 amide bonds. The van der Waals surface area contributed by atoms with Gasteiger partial charge in [0.25, 0.3) is 0 Å². The third kappa shape index (κ3) is 3.61. The average molecular weight is 295 g/mol. The molecule has 0 unspecified atom stereocenters. The highest BCUT2D eigenvalue weighted by Crippen LogP contribution is 2.32. The number of nitrogens with zero attached hydrogens (tertiary/aromatic N) is 2. The molecular weight excluding hydrogens is 278 g/mol. The zero-order valence-electron chi connectivity index (χ0n) is 11.5. The molecule has 0 aromatic carbocycles. The first kappa shape index (κ1) is 14.1. The van der Waals surface area contributed by atoms with Gasteiger partial charge in [0.1, 0.15) is 0 Å². The fourth-order valence-corrected chi connectivity index (χ4v) is 3.42. The fraction of sp³-hybridized carbons (Fsp3) is 0.462. The zero-order chi connectivity index (χ0) is 14.0. The monoisotopic (exact) mass is 295 g/mol. The van der Waals surface area contributed by atoms with E-state index in [-0.39, 0.29) is 5.91 Å². The van der Waals surface area contributed by atoms with Crippen molar-refractivity contribution in [3.8, 4) is 10.6 Å². The molecule has 0 bridgehead atoms. The Kier molecular flexibility index (Phi) is 4.31. The number of aryl methyl sites for hydroxylation is 2. The first-order chi connectivity index (χ1) is 8.95. The predicted molar refractivity (Wildman–Crippen MR) is 80.8 cm³/mol. The molecule has 102 valence electrons. The van der Waals surface area contributed by atoms with E-state index in [0.717, 1.165) is 21.3 Å². The summed E-state index contributed by atoms with van der Waals surface area (Å²) in [6, 6.07) is 0. The summed E-state index contributed by atoms with van der Waals surface area (Å²) in [4.78, 5) is 21.6. The van der Waals surface area contributed by atoms with Gasteiger partial charge in [-0.1, -0.05) is 13.8 Å². The third-order valence-corrected chi connectivity index (χ3v) is 4.33. The molecule has 4 nitrogen and oxygen atoms in total. The molecule has 0 atom stereocenters. The van der Waals surface area contributed by atoms with Crippen LogP contribution >= 0.6 is 22.7 Å². The molecule has 0 spiro atoms. The van der Waals surface area contributed by atoms with Crippen LogP contribution in [0.5, 0.6) is 0 Å². The topological polar surface area (TPSA) is 54.9 Å². The number of nitrogens with one attached hydrogen (secondary N) is 1. The fourth-order valence-electron chi connectivity index (χ4n) is 1.75. The Morgan fingerprint density at radius 3 is 2.68 bits per heavy atom. The van der Waals surface area contributed by atoms with Crippen LogP contribution in [-0.2, 0) is 4.79 Å². The van der Waals surface area contributed by atoms with Crippen LogP contribution in [0.15, 0.2) is 5.38 Å². The normalized spacial score (nSPS) is 11.0. The van der Waals surface area contributed by atoms with E-state index in [4.69, 9.17) is 0 Å². The van der Waals surface area contributed by atoms with Crippen molar-refractivity contribution in [1.82, 2.24) is 9.97 Å². The first-order valence-corrected chi connectivity index (χ1v) is 7.85. The highest BCUT2D eigenvalue weighted by molar-refractivity contribution is 7.16. The minimum atomic E-state index is 0.0214. The van der Waals surface area contributed by atoms with E-state index in [0.29, 0.717) is 17.5 Å². The summed E-state index contributed by atoms with van der Waals surface area (Å²) in [5.74, 6) is 0.374. The van der Waals surface area contributed by atoms with Gasteiger partial charge in [-0.05, 0) is 19.8 Å². The molecule has 2 rings (SSSR count). The largest absolute Gasteiger partial charge is 0.302 e. The minimum absolute atomic E-state index is 0.0214. The van der Waals surface area contributed by atoms with Crippen molar-refractivity contribution in [3.63, 3.8) is 0 Å². The molecule has 0 saturated carbocycles. The van der Waals surface area contributed by atoms with Crippen molar-refractivity contribution < 1.29 is 4.79 Å². The molecule has 0 saturated heterocycles. The van der Waals surface area contributed by atoms with Gasteiger partial charge < -0.3 is 5.32 Å². The maximum absolute atomic E-state index is 11.7. The van der Waals surface area contributed by atoms with Crippen LogP contribution in [0.2, 0.25) is 0 Å². The quantitative estimate of drug-likeness (QED) is 0.931. The second-order valence-electron chi connectivity index (χ2n) is 4.83. The number of anilines is 1. The molecule has 0 radical (unpaired) electrons. The molecule has 0 aliphatic carbocycles. The Morgan fingerprint density at radius 1 is 1.37 bits per heavy atom. The van der Waals surface area contributed by atoms with E-state index in [9.17, 15) is 4.79 Å². The minimum Gasteiger partial charge on any atom is -0.302 e. The molecule has 0 aliphatic rings. The molecule has 0 fully saturated rings. The van der Waals surface area contributed by atoms with Gasteiger partial charge in [0, 0.05) is 11.8 Å². The Hall–Kier alpha value is -1.27. The Bertz CT molecular complexity index is 586. The van der Waals surface area contributed by atoms with Crippen LogP contribution in [0, 0.1) is 19.8 Å². The number of hydrogen-bond acceptors (Lipinski definition) is 5. The summed E-state index contributed by atoms with van der Waals surface area (Å²) in [5.41, 5.74) is 1.89. The van der Waals surface area contributed by atoms with Crippen molar-refractivity contribution in [2.45, 2.75) is 34.1 Å². The Morgan fingerprint density at radius 2 is 2.11 bits per heavy atom. The molecule has 1 N–H and O–H groups in total. The number of rotatable bonds is 4. The average Bonchev–Trinajstić information content (AvgIpc) is 2.84. The maximum atomic E-state index is 11.7. The van der Waals surface area contributed by atoms with Crippen LogP contribution < -0.4 is 5.32 Å². The summed E-state index contributed by atoms with van der Waals surface area (Å²) in [6.07, 6.45) is 0.521. The lowest BCUT2D eigenvalue weighted by Gasteiger charge is -2.03. The van der Waals surface area contributed by atoms with E-state index in [2.05, 4.69) is 15.3 Å². The molecule has 2 aromatic heterocycles. The van der Waals surface area contributed by atoms with E-state index in [1.165, 1.54) is 11.3 Å². The summed E-state index contributed by atoms with van der Waals surface area (Å²) in [7, 11) is 0. The van der Waals surface area contributed by atoms with Gasteiger partial charge in [-0.3, -0.25) is 4.79 Å². The summed E-state index contributed by atoms with van der Waals surface area (Å²) < 4.78 is 0. The van der Waals surface area contributed by atoms with Gasteiger partial charge >= 0.3 is 0 Å². The highest BCUT2D eigenvalue weighted by Gasteiger charge is 2.13. The van der Waals surface area contributed by atoms with Crippen molar-refractivity contribution >= 4 is 33.7 Å². The summed E-state index contributed by atoms with van der Waals surface area (Å²) in [6.45, 7) is 8.01. The number of aromatic nitrogens is 2. The van der Waals surface area contributed by atoms with Crippen molar-refractivity contribution in [1.29, 1.82) is 0 Å². The van der Waals surface area contributed by atoms with Crippen molar-refractivity contribution in [2.24, 2.45) is 5.92 Å². The van der Waals surface area contributed by atoms with Crippen LogP contribution in [0.4, 0.5) is 5.13 Å². The number of carbonyl (C=O) groups is 1. The second kappa shape index (κ2) is 5.79. The Balaban J connectivity index is 2.11. The van der Waals surface area contributed by atoms with Crippen LogP contribution in [-0.4, -0.2) is 15.9 Å². The lowest BCUT2D eigenvalue weighted by molar-refractivity contribution is -0.116. The van der Waals surface area contributed by atoms with E-state index in [1.807, 2.05) is 33.1 Å². The molecule has 2 aromatic rings.